The van der Waals surface area contributed by atoms with Crippen molar-refractivity contribution in [3.8, 4) is 5.75 Å². The van der Waals surface area contributed by atoms with Gasteiger partial charge in [-0.1, -0.05) is 42.5 Å². The Morgan fingerprint density at radius 3 is 2.29 bits per heavy atom. The Bertz CT molecular complexity index is 623. The first kappa shape index (κ1) is 18.0. The second kappa shape index (κ2) is 9.08. The maximum atomic E-state index is 12.0. The largest absolute Gasteiger partial charge is 0.491 e. The van der Waals surface area contributed by atoms with Gasteiger partial charge >= 0.3 is 0 Å². The van der Waals surface area contributed by atoms with Crippen LogP contribution < -0.4 is 10.1 Å². The molecule has 24 heavy (non-hydrogen) atoms. The van der Waals surface area contributed by atoms with Crippen LogP contribution in [-0.4, -0.2) is 18.6 Å². The highest BCUT2D eigenvalue weighted by molar-refractivity contribution is 5.77. The minimum atomic E-state index is -0.124. The maximum Gasteiger partial charge on any atom is 0.246 e. The number of ether oxygens (including phenoxy) is 2. The van der Waals surface area contributed by atoms with Crippen LogP contribution in [0.5, 0.6) is 5.75 Å². The highest BCUT2D eigenvalue weighted by Crippen LogP contribution is 2.18. The first-order valence-electron chi connectivity index (χ1n) is 8.22. The zero-order valence-corrected chi connectivity index (χ0v) is 14.5. The minimum Gasteiger partial charge on any atom is -0.491 e. The number of hydrogen-bond donors (Lipinski definition) is 1. The second-order valence-corrected chi connectivity index (χ2v) is 6.00. The Hall–Kier alpha value is -2.33. The van der Waals surface area contributed by atoms with Gasteiger partial charge in [0.25, 0.3) is 0 Å². The van der Waals surface area contributed by atoms with Crippen molar-refractivity contribution in [3.05, 3.63) is 65.7 Å². The van der Waals surface area contributed by atoms with Crippen LogP contribution in [0.4, 0.5) is 0 Å². The molecule has 0 saturated carbocycles. The molecule has 2 aromatic carbocycles. The van der Waals surface area contributed by atoms with Crippen molar-refractivity contribution in [2.75, 3.05) is 6.61 Å². The van der Waals surface area contributed by atoms with Crippen molar-refractivity contribution in [1.82, 2.24) is 5.32 Å². The normalized spacial score (nSPS) is 12.0. The molecule has 1 amide bonds. The van der Waals surface area contributed by atoms with Crippen LogP contribution in [0.1, 0.15) is 37.9 Å². The van der Waals surface area contributed by atoms with Gasteiger partial charge in [0.05, 0.1) is 18.8 Å². The van der Waals surface area contributed by atoms with Crippen LogP contribution in [0.2, 0.25) is 0 Å². The summed E-state index contributed by atoms with van der Waals surface area (Å²) in [4.78, 5) is 12.0. The molecule has 0 heterocycles. The molecule has 2 aromatic rings. The molecular formula is C20H25NO3. The highest BCUT2D eigenvalue weighted by atomic mass is 16.5. The zero-order valence-electron chi connectivity index (χ0n) is 14.5. The van der Waals surface area contributed by atoms with Gasteiger partial charge < -0.3 is 14.8 Å². The van der Waals surface area contributed by atoms with Crippen LogP contribution in [0.15, 0.2) is 54.6 Å². The quantitative estimate of drug-likeness (QED) is 0.801. The molecule has 128 valence electrons. The van der Waals surface area contributed by atoms with Crippen LogP contribution in [-0.2, 0) is 16.1 Å². The average molecular weight is 327 g/mol. The smallest absolute Gasteiger partial charge is 0.246 e. The predicted molar refractivity (Wildman–Crippen MR) is 94.9 cm³/mol. The number of carbonyl (C=O) groups excluding carboxylic acids is 1. The molecule has 0 aromatic heterocycles. The molecule has 0 aliphatic carbocycles. The Labute approximate surface area is 143 Å². The van der Waals surface area contributed by atoms with E-state index in [1.54, 1.807) is 0 Å². The Morgan fingerprint density at radius 2 is 1.67 bits per heavy atom. The van der Waals surface area contributed by atoms with E-state index in [0.29, 0.717) is 6.61 Å². The molecule has 0 aliphatic heterocycles. The molecule has 0 bridgehead atoms. The third-order valence-corrected chi connectivity index (χ3v) is 3.47. The summed E-state index contributed by atoms with van der Waals surface area (Å²) in [6.45, 7) is 6.42. The molecule has 0 saturated heterocycles. The van der Waals surface area contributed by atoms with E-state index in [0.717, 1.165) is 16.9 Å². The summed E-state index contributed by atoms with van der Waals surface area (Å²) in [6, 6.07) is 17.5. The first-order chi connectivity index (χ1) is 11.5. The van der Waals surface area contributed by atoms with E-state index < -0.39 is 0 Å². The molecule has 0 fully saturated rings. The van der Waals surface area contributed by atoms with E-state index in [2.05, 4.69) is 5.32 Å². The summed E-state index contributed by atoms with van der Waals surface area (Å²) in [5.41, 5.74) is 2.08. The van der Waals surface area contributed by atoms with Crippen molar-refractivity contribution < 1.29 is 14.3 Å². The molecule has 1 unspecified atom stereocenters. The van der Waals surface area contributed by atoms with E-state index in [1.165, 1.54) is 0 Å². The van der Waals surface area contributed by atoms with Crippen molar-refractivity contribution >= 4 is 5.91 Å². The van der Waals surface area contributed by atoms with E-state index in [9.17, 15) is 4.79 Å². The van der Waals surface area contributed by atoms with Gasteiger partial charge in [0.2, 0.25) is 5.91 Å². The fourth-order valence-corrected chi connectivity index (χ4v) is 2.31. The summed E-state index contributed by atoms with van der Waals surface area (Å²) in [7, 11) is 0. The van der Waals surface area contributed by atoms with Crippen molar-refractivity contribution in [2.24, 2.45) is 0 Å². The lowest BCUT2D eigenvalue weighted by Gasteiger charge is -2.16. The minimum absolute atomic E-state index is 0.0494. The number of benzene rings is 2. The van der Waals surface area contributed by atoms with E-state index >= 15 is 0 Å². The summed E-state index contributed by atoms with van der Waals surface area (Å²) < 4.78 is 11.1. The van der Waals surface area contributed by atoms with Gasteiger partial charge in [0, 0.05) is 0 Å². The first-order valence-corrected chi connectivity index (χ1v) is 8.22. The van der Waals surface area contributed by atoms with Gasteiger partial charge in [-0.05, 0) is 44.0 Å². The summed E-state index contributed by atoms with van der Waals surface area (Å²) in [6.07, 6.45) is 0.148. The van der Waals surface area contributed by atoms with Gasteiger partial charge in [-0.15, -0.1) is 0 Å². The molecule has 4 heteroatoms. The standard InChI is InChI=1S/C20H25NO3/c1-15(2)24-19-11-9-18(10-12-19)16(3)21-20(22)14-23-13-17-7-5-4-6-8-17/h4-12,15-16H,13-14H2,1-3H3,(H,21,22). The highest BCUT2D eigenvalue weighted by Gasteiger charge is 2.10. The average Bonchev–Trinajstić information content (AvgIpc) is 2.56. The summed E-state index contributed by atoms with van der Waals surface area (Å²) in [5.74, 6) is 0.708. The van der Waals surface area contributed by atoms with Crippen LogP contribution in [0.3, 0.4) is 0 Å². The fourth-order valence-electron chi connectivity index (χ4n) is 2.31. The van der Waals surface area contributed by atoms with Crippen LogP contribution in [0, 0.1) is 0 Å². The number of hydrogen-bond acceptors (Lipinski definition) is 3. The second-order valence-electron chi connectivity index (χ2n) is 6.00. The number of carbonyl (C=O) groups is 1. The molecule has 0 spiro atoms. The van der Waals surface area contributed by atoms with Gasteiger partial charge in [-0.25, -0.2) is 0 Å². The summed E-state index contributed by atoms with van der Waals surface area (Å²) in [5, 5.41) is 2.94. The predicted octanol–water partition coefficient (Wildman–Crippen LogP) is 3.87. The Morgan fingerprint density at radius 1 is 1.00 bits per heavy atom. The summed E-state index contributed by atoms with van der Waals surface area (Å²) >= 11 is 0. The lowest BCUT2D eigenvalue weighted by molar-refractivity contribution is -0.126. The third-order valence-electron chi connectivity index (χ3n) is 3.47. The maximum absolute atomic E-state index is 12.0. The fraction of sp³-hybridized carbons (Fsp3) is 0.350. The van der Waals surface area contributed by atoms with Gasteiger partial charge in [-0.2, -0.15) is 0 Å². The molecule has 1 N–H and O–H groups in total. The molecule has 1 atom stereocenters. The van der Waals surface area contributed by atoms with Crippen molar-refractivity contribution in [3.63, 3.8) is 0 Å². The molecule has 0 aliphatic rings. The molecular weight excluding hydrogens is 302 g/mol. The van der Waals surface area contributed by atoms with Gasteiger partial charge in [0.1, 0.15) is 12.4 Å². The van der Waals surface area contributed by atoms with Crippen LogP contribution >= 0.6 is 0 Å². The lowest BCUT2D eigenvalue weighted by atomic mass is 10.1. The molecule has 4 nitrogen and oxygen atoms in total. The van der Waals surface area contributed by atoms with E-state index in [1.807, 2.05) is 75.4 Å². The van der Waals surface area contributed by atoms with Crippen molar-refractivity contribution in [2.45, 2.75) is 39.5 Å². The van der Waals surface area contributed by atoms with E-state index in [4.69, 9.17) is 9.47 Å². The SMILES string of the molecule is CC(C)Oc1ccc(C(C)NC(=O)COCc2ccccc2)cc1. The van der Waals surface area contributed by atoms with Crippen molar-refractivity contribution in [1.29, 1.82) is 0 Å². The topological polar surface area (TPSA) is 47.6 Å². The third kappa shape index (κ3) is 6.05. The monoisotopic (exact) mass is 327 g/mol. The Balaban J connectivity index is 1.76. The number of amides is 1. The van der Waals surface area contributed by atoms with Crippen LogP contribution in [0.25, 0.3) is 0 Å². The molecule has 2 rings (SSSR count). The van der Waals surface area contributed by atoms with E-state index in [-0.39, 0.29) is 24.7 Å². The molecule has 0 radical (unpaired) electrons. The lowest BCUT2D eigenvalue weighted by Crippen LogP contribution is -2.30. The van der Waals surface area contributed by atoms with Gasteiger partial charge in [0.15, 0.2) is 0 Å². The Kier molecular flexibility index (Phi) is 6.82. The zero-order chi connectivity index (χ0) is 17.4. The van der Waals surface area contributed by atoms with Gasteiger partial charge in [-0.3, -0.25) is 4.79 Å². The number of rotatable bonds is 8. The number of nitrogens with one attached hydrogen (secondary N) is 1.